The Morgan fingerprint density at radius 2 is 2.25 bits per heavy atom. The van der Waals surface area contributed by atoms with Crippen molar-refractivity contribution in [2.75, 3.05) is 19.7 Å². The maximum Gasteiger partial charge on any atom is 0.243 e. The number of hydrogen-bond donors (Lipinski definition) is 0. The van der Waals surface area contributed by atoms with Crippen LogP contribution in [0.3, 0.4) is 0 Å². The van der Waals surface area contributed by atoms with Crippen molar-refractivity contribution in [1.29, 1.82) is 0 Å². The lowest BCUT2D eigenvalue weighted by atomic mass is 10.2. The van der Waals surface area contributed by atoms with E-state index in [1.54, 1.807) is 18.2 Å². The van der Waals surface area contributed by atoms with Crippen LogP contribution >= 0.6 is 11.6 Å². The molecule has 1 unspecified atom stereocenters. The van der Waals surface area contributed by atoms with Gasteiger partial charge < -0.3 is 4.74 Å². The van der Waals surface area contributed by atoms with Crippen molar-refractivity contribution in [3.05, 3.63) is 29.8 Å². The molecular formula is C14H20ClNO3S. The van der Waals surface area contributed by atoms with Gasteiger partial charge in [0.1, 0.15) is 0 Å². The van der Waals surface area contributed by atoms with Gasteiger partial charge in [0.2, 0.25) is 10.0 Å². The second-order valence-electron chi connectivity index (χ2n) is 4.87. The van der Waals surface area contributed by atoms with E-state index in [4.69, 9.17) is 16.3 Å². The number of ether oxygens (including phenoxy) is 1. The van der Waals surface area contributed by atoms with E-state index in [2.05, 4.69) is 0 Å². The lowest BCUT2D eigenvalue weighted by Gasteiger charge is -2.23. The van der Waals surface area contributed by atoms with Crippen molar-refractivity contribution in [2.45, 2.75) is 36.6 Å². The Labute approximate surface area is 125 Å². The molecule has 1 saturated heterocycles. The van der Waals surface area contributed by atoms with E-state index in [9.17, 15) is 8.42 Å². The third-order valence-corrected chi connectivity index (χ3v) is 5.72. The zero-order chi connectivity index (χ0) is 14.6. The van der Waals surface area contributed by atoms with Crippen LogP contribution in [0.2, 0.25) is 0 Å². The van der Waals surface area contributed by atoms with E-state index in [-0.39, 0.29) is 6.10 Å². The monoisotopic (exact) mass is 317 g/mol. The number of benzene rings is 1. The molecule has 1 atom stereocenters. The maximum atomic E-state index is 12.6. The first-order valence-electron chi connectivity index (χ1n) is 6.84. The predicted octanol–water partition coefficient (Wildman–Crippen LogP) is 2.62. The second kappa shape index (κ2) is 6.89. The first-order chi connectivity index (χ1) is 9.57. The molecule has 0 N–H and O–H groups in total. The molecule has 0 bridgehead atoms. The Hall–Kier alpha value is -0.620. The molecule has 0 radical (unpaired) electrons. The summed E-state index contributed by atoms with van der Waals surface area (Å²) in [5.74, 6) is 0.307. The van der Waals surface area contributed by atoms with Crippen molar-refractivity contribution in [3.63, 3.8) is 0 Å². The largest absolute Gasteiger partial charge is 0.377 e. The number of nitrogens with zero attached hydrogens (tertiary/aromatic N) is 1. The summed E-state index contributed by atoms with van der Waals surface area (Å²) in [4.78, 5) is 0.301. The third-order valence-electron chi connectivity index (χ3n) is 3.47. The molecule has 6 heteroatoms. The van der Waals surface area contributed by atoms with Gasteiger partial charge in [-0.25, -0.2) is 8.42 Å². The zero-order valence-corrected chi connectivity index (χ0v) is 13.2. The van der Waals surface area contributed by atoms with Crippen LogP contribution < -0.4 is 0 Å². The van der Waals surface area contributed by atoms with Crippen LogP contribution in [0, 0.1) is 0 Å². The van der Waals surface area contributed by atoms with Crippen molar-refractivity contribution in [1.82, 2.24) is 4.31 Å². The van der Waals surface area contributed by atoms with E-state index >= 15 is 0 Å². The lowest BCUT2D eigenvalue weighted by molar-refractivity contribution is 0.0947. The van der Waals surface area contributed by atoms with Gasteiger partial charge in [0, 0.05) is 25.6 Å². The molecule has 1 fully saturated rings. The van der Waals surface area contributed by atoms with Crippen LogP contribution in [0.1, 0.15) is 25.3 Å². The summed E-state index contributed by atoms with van der Waals surface area (Å²) in [6.07, 6.45) is 1.94. The van der Waals surface area contributed by atoms with Crippen molar-refractivity contribution in [2.24, 2.45) is 0 Å². The molecule has 1 aliphatic rings. The highest BCUT2D eigenvalue weighted by Crippen LogP contribution is 2.21. The number of halogens is 1. The Morgan fingerprint density at radius 1 is 1.45 bits per heavy atom. The molecule has 1 aliphatic heterocycles. The van der Waals surface area contributed by atoms with Crippen LogP contribution in [-0.2, 0) is 20.6 Å². The van der Waals surface area contributed by atoms with Gasteiger partial charge in [-0.05, 0) is 30.5 Å². The van der Waals surface area contributed by atoms with Gasteiger partial charge >= 0.3 is 0 Å². The Morgan fingerprint density at radius 3 is 2.85 bits per heavy atom. The smallest absolute Gasteiger partial charge is 0.243 e. The van der Waals surface area contributed by atoms with Gasteiger partial charge in [-0.3, -0.25) is 0 Å². The van der Waals surface area contributed by atoms with Crippen LogP contribution in [-0.4, -0.2) is 38.5 Å². The Bertz CT molecular complexity index is 541. The fourth-order valence-corrected chi connectivity index (χ4v) is 4.07. The number of rotatable bonds is 6. The van der Waals surface area contributed by atoms with Gasteiger partial charge in [-0.15, -0.1) is 11.6 Å². The molecular weight excluding hydrogens is 298 g/mol. The fraction of sp³-hybridized carbons (Fsp3) is 0.571. The van der Waals surface area contributed by atoms with Gasteiger partial charge in [-0.1, -0.05) is 19.1 Å². The molecule has 1 aromatic rings. The predicted molar refractivity (Wildman–Crippen MR) is 79.4 cm³/mol. The average molecular weight is 318 g/mol. The number of alkyl halides is 1. The standard InChI is InChI=1S/C14H20ClNO3S/c1-2-16(11-13-6-4-8-19-13)20(17,18)14-7-3-5-12(9-14)10-15/h3,5,7,9,13H,2,4,6,8,10-11H2,1H3. The molecule has 0 spiro atoms. The minimum absolute atomic E-state index is 0.0148. The van der Waals surface area contributed by atoms with Crippen LogP contribution in [0.5, 0.6) is 0 Å². The molecule has 0 aromatic heterocycles. The maximum absolute atomic E-state index is 12.6. The highest BCUT2D eigenvalue weighted by Gasteiger charge is 2.27. The van der Waals surface area contributed by atoms with Crippen LogP contribution in [0.25, 0.3) is 0 Å². The molecule has 4 nitrogen and oxygen atoms in total. The van der Waals surface area contributed by atoms with Crippen LogP contribution in [0.15, 0.2) is 29.2 Å². The van der Waals surface area contributed by atoms with E-state index in [0.29, 0.717) is 23.9 Å². The summed E-state index contributed by atoms with van der Waals surface area (Å²) in [5.41, 5.74) is 0.806. The van der Waals surface area contributed by atoms with E-state index in [0.717, 1.165) is 25.0 Å². The molecule has 0 aliphatic carbocycles. The SMILES string of the molecule is CCN(CC1CCCO1)S(=O)(=O)c1cccc(CCl)c1. The van der Waals surface area contributed by atoms with Gasteiger partial charge in [0.25, 0.3) is 0 Å². The third kappa shape index (κ3) is 3.52. The summed E-state index contributed by atoms with van der Waals surface area (Å²) < 4.78 is 32.3. The first kappa shape index (κ1) is 15.8. The average Bonchev–Trinajstić information content (AvgIpc) is 2.97. The lowest BCUT2D eigenvalue weighted by Crippen LogP contribution is -2.37. The van der Waals surface area contributed by atoms with Gasteiger partial charge in [0.15, 0.2) is 0 Å². The number of likely N-dealkylation sites (N-methyl/N-ethyl adjacent to an activating group) is 1. The molecule has 20 heavy (non-hydrogen) atoms. The minimum Gasteiger partial charge on any atom is -0.377 e. The quantitative estimate of drug-likeness (QED) is 0.758. The molecule has 1 heterocycles. The first-order valence-corrected chi connectivity index (χ1v) is 8.82. The molecule has 0 amide bonds. The Balaban J connectivity index is 2.21. The highest BCUT2D eigenvalue weighted by atomic mass is 35.5. The summed E-state index contributed by atoms with van der Waals surface area (Å²) in [6.45, 7) is 3.43. The van der Waals surface area contributed by atoms with Gasteiger partial charge in [0.05, 0.1) is 11.0 Å². The normalized spacial score (nSPS) is 19.6. The highest BCUT2D eigenvalue weighted by molar-refractivity contribution is 7.89. The molecule has 2 rings (SSSR count). The zero-order valence-electron chi connectivity index (χ0n) is 11.6. The van der Waals surface area contributed by atoms with Gasteiger partial charge in [-0.2, -0.15) is 4.31 Å². The number of hydrogen-bond acceptors (Lipinski definition) is 3. The van der Waals surface area contributed by atoms with Crippen molar-refractivity contribution >= 4 is 21.6 Å². The van der Waals surface area contributed by atoms with E-state index in [1.165, 1.54) is 4.31 Å². The van der Waals surface area contributed by atoms with E-state index < -0.39 is 10.0 Å². The summed E-state index contributed by atoms with van der Waals surface area (Å²) in [7, 11) is -3.48. The molecule has 1 aromatic carbocycles. The van der Waals surface area contributed by atoms with Crippen molar-refractivity contribution < 1.29 is 13.2 Å². The van der Waals surface area contributed by atoms with Crippen LogP contribution in [0.4, 0.5) is 0 Å². The Kier molecular flexibility index (Phi) is 5.43. The molecule has 112 valence electrons. The summed E-state index contributed by atoms with van der Waals surface area (Å²) in [5, 5.41) is 0. The summed E-state index contributed by atoms with van der Waals surface area (Å²) in [6, 6.07) is 6.80. The minimum atomic E-state index is -3.48. The summed E-state index contributed by atoms with van der Waals surface area (Å²) >= 11 is 5.77. The molecule has 0 saturated carbocycles. The second-order valence-corrected chi connectivity index (χ2v) is 7.08. The fourth-order valence-electron chi connectivity index (χ4n) is 2.35. The van der Waals surface area contributed by atoms with Crippen molar-refractivity contribution in [3.8, 4) is 0 Å². The number of sulfonamides is 1. The van der Waals surface area contributed by atoms with E-state index in [1.807, 2.05) is 13.0 Å². The topological polar surface area (TPSA) is 46.6 Å².